The van der Waals surface area contributed by atoms with Gasteiger partial charge in [-0.1, -0.05) is 12.1 Å². The molecular formula is C24H19F2N7O2. The van der Waals surface area contributed by atoms with Crippen LogP contribution in [0.4, 0.5) is 14.6 Å². The van der Waals surface area contributed by atoms with Gasteiger partial charge < -0.3 is 14.6 Å². The first kappa shape index (κ1) is 20.1. The zero-order chi connectivity index (χ0) is 23.7. The molecule has 2 aliphatic heterocycles. The lowest BCUT2D eigenvalue weighted by atomic mass is 10.00. The molecule has 1 N–H and O–H groups in total. The molecule has 0 spiro atoms. The number of para-hydroxylation sites is 1. The number of halogens is 2. The van der Waals surface area contributed by atoms with Gasteiger partial charge in [0.1, 0.15) is 17.7 Å². The molecule has 0 amide bonds. The van der Waals surface area contributed by atoms with Gasteiger partial charge in [0.25, 0.3) is 0 Å². The molecule has 0 aliphatic carbocycles. The normalized spacial score (nSPS) is 17.4. The van der Waals surface area contributed by atoms with Crippen molar-refractivity contribution in [2.75, 3.05) is 24.6 Å². The number of anilines is 1. The van der Waals surface area contributed by atoms with E-state index in [1.807, 2.05) is 0 Å². The number of fused-ring (bicyclic) bond motifs is 3. The van der Waals surface area contributed by atoms with Gasteiger partial charge in [0.15, 0.2) is 23.0 Å². The van der Waals surface area contributed by atoms with Gasteiger partial charge in [-0.25, -0.2) is 18.6 Å². The molecule has 5 heterocycles. The van der Waals surface area contributed by atoms with E-state index in [-0.39, 0.29) is 24.0 Å². The molecule has 3 aromatic heterocycles. The summed E-state index contributed by atoms with van der Waals surface area (Å²) in [6.45, 7) is 1.85. The number of hydrogen-bond acceptors (Lipinski definition) is 6. The summed E-state index contributed by atoms with van der Waals surface area (Å²) in [6, 6.07) is 8.55. The number of benzene rings is 2. The van der Waals surface area contributed by atoms with E-state index in [9.17, 15) is 13.6 Å². The third kappa shape index (κ3) is 2.97. The first-order valence-corrected chi connectivity index (χ1v) is 11.4. The quantitative estimate of drug-likeness (QED) is 0.430. The fraction of sp³-hybridized carbons (Fsp3) is 0.250. The highest BCUT2D eigenvalue weighted by Gasteiger charge is 2.31. The Morgan fingerprint density at radius 2 is 2.00 bits per heavy atom. The maximum Gasteiger partial charge on any atom is 0.328 e. The minimum absolute atomic E-state index is 0.151. The average molecular weight is 475 g/mol. The van der Waals surface area contributed by atoms with Crippen LogP contribution >= 0.6 is 0 Å². The highest BCUT2D eigenvalue weighted by Crippen LogP contribution is 2.38. The van der Waals surface area contributed by atoms with Crippen LogP contribution in [0.5, 0.6) is 5.75 Å². The molecule has 2 aliphatic rings. The zero-order valence-corrected chi connectivity index (χ0v) is 18.4. The molecule has 1 saturated heterocycles. The van der Waals surface area contributed by atoms with E-state index in [1.54, 1.807) is 33.7 Å². The van der Waals surface area contributed by atoms with Gasteiger partial charge in [0.2, 0.25) is 5.95 Å². The number of nitrogens with zero attached hydrogens (tertiary/aromatic N) is 6. The number of hydrogen-bond donors (Lipinski definition) is 1. The minimum atomic E-state index is -0.473. The number of aromatic amines is 1. The molecule has 35 heavy (non-hydrogen) atoms. The second-order valence-corrected chi connectivity index (χ2v) is 8.75. The summed E-state index contributed by atoms with van der Waals surface area (Å²) in [4.78, 5) is 32.1. The minimum Gasteiger partial charge on any atom is -0.490 e. The van der Waals surface area contributed by atoms with E-state index in [2.05, 4.69) is 14.9 Å². The fourth-order valence-electron chi connectivity index (χ4n) is 4.91. The summed E-state index contributed by atoms with van der Waals surface area (Å²) in [6.07, 6.45) is 3.03. The third-order valence-corrected chi connectivity index (χ3v) is 6.72. The molecule has 0 saturated carbocycles. The summed E-state index contributed by atoms with van der Waals surface area (Å²) >= 11 is 0. The highest BCUT2D eigenvalue weighted by molar-refractivity contribution is 5.85. The number of nitrogens with one attached hydrogen (secondary N) is 1. The number of ether oxygens (including phenoxy) is 1. The van der Waals surface area contributed by atoms with E-state index in [4.69, 9.17) is 14.7 Å². The van der Waals surface area contributed by atoms with Gasteiger partial charge in [0.05, 0.1) is 23.7 Å². The lowest BCUT2D eigenvalue weighted by Gasteiger charge is -2.32. The van der Waals surface area contributed by atoms with Crippen molar-refractivity contribution in [1.82, 2.24) is 29.1 Å². The van der Waals surface area contributed by atoms with Crippen molar-refractivity contribution in [2.24, 2.45) is 0 Å². The van der Waals surface area contributed by atoms with E-state index in [0.717, 1.165) is 19.5 Å². The van der Waals surface area contributed by atoms with Crippen LogP contribution in [0, 0.1) is 11.6 Å². The molecule has 0 bridgehead atoms. The van der Waals surface area contributed by atoms with Crippen LogP contribution in [-0.2, 0) is 0 Å². The van der Waals surface area contributed by atoms with E-state index in [1.165, 1.54) is 18.2 Å². The summed E-state index contributed by atoms with van der Waals surface area (Å²) in [5, 5.41) is 0. The molecule has 5 aromatic rings. The van der Waals surface area contributed by atoms with Crippen LogP contribution in [0.15, 0.2) is 47.5 Å². The molecule has 1 fully saturated rings. The van der Waals surface area contributed by atoms with Crippen molar-refractivity contribution < 1.29 is 13.5 Å². The van der Waals surface area contributed by atoms with Crippen LogP contribution in [-0.4, -0.2) is 48.8 Å². The SMILES string of the molecule is O=c1[nH]c2c(N3CCC3)nc(-n3cnc4ccc(F)cc43)nc2n1[C@@H]1CCOc2c(F)cccc21. The van der Waals surface area contributed by atoms with Gasteiger partial charge in [0, 0.05) is 31.1 Å². The topological polar surface area (TPSA) is 93.9 Å². The zero-order valence-electron chi connectivity index (χ0n) is 18.4. The molecule has 0 unspecified atom stereocenters. The maximum absolute atomic E-state index is 14.5. The number of aromatic nitrogens is 6. The van der Waals surface area contributed by atoms with E-state index < -0.39 is 17.7 Å². The van der Waals surface area contributed by atoms with Crippen molar-refractivity contribution in [3.8, 4) is 11.7 Å². The molecule has 176 valence electrons. The lowest BCUT2D eigenvalue weighted by Crippen LogP contribution is -2.38. The number of H-pyrrole nitrogens is 1. The standard InChI is InChI=1S/C24H19F2N7O2/c25-13-5-6-16-18(11-13)32(12-27-16)23-29-21(31-8-2-9-31)19-22(30-23)33(24(34)28-19)17-7-10-35-20-14(17)3-1-4-15(20)26/h1,3-6,11-12,17H,2,7-10H2,(H,28,34)/t17-/m1/s1. The molecule has 2 aromatic carbocycles. The first-order valence-electron chi connectivity index (χ1n) is 11.4. The fourth-order valence-corrected chi connectivity index (χ4v) is 4.91. The highest BCUT2D eigenvalue weighted by atomic mass is 19.1. The summed E-state index contributed by atoms with van der Waals surface area (Å²) in [7, 11) is 0. The Hall–Kier alpha value is -4.28. The summed E-state index contributed by atoms with van der Waals surface area (Å²) in [5.41, 5.74) is 2.24. The van der Waals surface area contributed by atoms with Crippen molar-refractivity contribution in [2.45, 2.75) is 18.9 Å². The summed E-state index contributed by atoms with van der Waals surface area (Å²) < 4.78 is 37.2. The van der Waals surface area contributed by atoms with Gasteiger partial charge in [-0.15, -0.1) is 0 Å². The predicted molar refractivity (Wildman–Crippen MR) is 124 cm³/mol. The molecule has 11 heteroatoms. The van der Waals surface area contributed by atoms with Gasteiger partial charge in [-0.3, -0.25) is 9.13 Å². The van der Waals surface area contributed by atoms with E-state index >= 15 is 0 Å². The third-order valence-electron chi connectivity index (χ3n) is 6.72. The average Bonchev–Trinajstić information content (AvgIpc) is 3.38. The molecule has 7 rings (SSSR count). The monoisotopic (exact) mass is 475 g/mol. The Labute approximate surface area is 196 Å². The summed E-state index contributed by atoms with van der Waals surface area (Å²) in [5.74, 6) is 0.147. The van der Waals surface area contributed by atoms with Gasteiger partial charge in [-0.05, 0) is 24.6 Å². The van der Waals surface area contributed by atoms with Gasteiger partial charge in [-0.2, -0.15) is 9.97 Å². The smallest absolute Gasteiger partial charge is 0.328 e. The number of imidazole rings is 2. The van der Waals surface area contributed by atoms with Gasteiger partial charge >= 0.3 is 5.69 Å². The van der Waals surface area contributed by atoms with Crippen LogP contribution in [0.3, 0.4) is 0 Å². The molecule has 9 nitrogen and oxygen atoms in total. The largest absolute Gasteiger partial charge is 0.490 e. The van der Waals surface area contributed by atoms with Crippen molar-refractivity contribution in [3.63, 3.8) is 0 Å². The van der Waals surface area contributed by atoms with Crippen molar-refractivity contribution >= 4 is 28.0 Å². The van der Waals surface area contributed by atoms with Crippen molar-refractivity contribution in [1.29, 1.82) is 0 Å². The molecule has 1 atom stereocenters. The van der Waals surface area contributed by atoms with Crippen LogP contribution in [0.25, 0.3) is 28.1 Å². The second kappa shape index (κ2) is 7.36. The number of rotatable bonds is 3. The van der Waals surface area contributed by atoms with E-state index in [0.29, 0.717) is 40.0 Å². The van der Waals surface area contributed by atoms with Crippen LogP contribution in [0.1, 0.15) is 24.4 Å². The Morgan fingerprint density at radius 3 is 2.83 bits per heavy atom. The maximum atomic E-state index is 14.5. The predicted octanol–water partition coefficient (Wildman–Crippen LogP) is 3.32. The first-order chi connectivity index (χ1) is 17.1. The lowest BCUT2D eigenvalue weighted by molar-refractivity contribution is 0.244. The Bertz CT molecular complexity index is 1690. The van der Waals surface area contributed by atoms with Crippen LogP contribution < -0.4 is 15.3 Å². The molecule has 0 radical (unpaired) electrons. The Kier molecular flexibility index (Phi) is 4.23. The molecular weight excluding hydrogens is 456 g/mol. The Balaban J connectivity index is 1.50. The second-order valence-electron chi connectivity index (χ2n) is 8.75. The Morgan fingerprint density at radius 1 is 1.11 bits per heavy atom. The van der Waals surface area contributed by atoms with Crippen LogP contribution in [0.2, 0.25) is 0 Å². The van der Waals surface area contributed by atoms with Crippen molar-refractivity contribution in [3.05, 3.63) is 70.4 Å².